The third-order valence-corrected chi connectivity index (χ3v) is 5.87. The molecule has 4 rings (SSSR count). The van der Waals surface area contributed by atoms with E-state index in [4.69, 9.17) is 16.6 Å². The van der Waals surface area contributed by atoms with Gasteiger partial charge in [-0.25, -0.2) is 4.99 Å². The Hall–Kier alpha value is -2.82. The first-order valence-electron chi connectivity index (χ1n) is 9.25. The predicted octanol–water partition coefficient (Wildman–Crippen LogP) is 6.45. The predicted molar refractivity (Wildman–Crippen MR) is 122 cm³/mol. The topological polar surface area (TPSA) is 32.7 Å². The summed E-state index contributed by atoms with van der Waals surface area (Å²) < 4.78 is 0. The molecule has 5 heteroatoms. The summed E-state index contributed by atoms with van der Waals surface area (Å²) in [4.78, 5) is 20.3. The van der Waals surface area contributed by atoms with Crippen molar-refractivity contribution < 1.29 is 4.79 Å². The van der Waals surface area contributed by atoms with Crippen LogP contribution in [0.1, 0.15) is 16.7 Å². The third kappa shape index (κ3) is 4.61. The number of benzene rings is 3. The van der Waals surface area contributed by atoms with Crippen molar-refractivity contribution in [1.82, 2.24) is 4.90 Å². The highest BCUT2D eigenvalue weighted by Crippen LogP contribution is 2.36. The number of hydrogen-bond acceptors (Lipinski definition) is 3. The van der Waals surface area contributed by atoms with Gasteiger partial charge in [0.25, 0.3) is 5.91 Å². The fraction of sp³-hybridized carbons (Fsp3) is 0.0833. The van der Waals surface area contributed by atoms with Gasteiger partial charge in [0, 0.05) is 5.02 Å². The molecule has 0 spiro atoms. The molecule has 0 unspecified atom stereocenters. The Kier molecular flexibility index (Phi) is 5.84. The molecule has 1 amide bonds. The number of aryl methyl sites for hydroxylation is 1. The van der Waals surface area contributed by atoms with Crippen molar-refractivity contribution in [2.75, 3.05) is 0 Å². The van der Waals surface area contributed by atoms with Crippen LogP contribution in [0, 0.1) is 6.92 Å². The first-order valence-corrected chi connectivity index (χ1v) is 10.4. The van der Waals surface area contributed by atoms with Crippen molar-refractivity contribution in [3.63, 3.8) is 0 Å². The lowest BCUT2D eigenvalue weighted by Gasteiger charge is -2.15. The molecular weight excluding hydrogens is 400 g/mol. The van der Waals surface area contributed by atoms with Crippen LogP contribution < -0.4 is 0 Å². The van der Waals surface area contributed by atoms with Gasteiger partial charge in [0.2, 0.25) is 0 Å². The molecule has 0 N–H and O–H groups in total. The van der Waals surface area contributed by atoms with Crippen LogP contribution in [0.15, 0.2) is 88.8 Å². The van der Waals surface area contributed by atoms with Gasteiger partial charge in [-0.3, -0.25) is 9.69 Å². The lowest BCUT2D eigenvalue weighted by atomic mass is 10.2. The highest BCUT2D eigenvalue weighted by atomic mass is 35.5. The number of carbonyl (C=O) groups excluding carboxylic acids is 1. The molecule has 3 nitrogen and oxygen atoms in total. The van der Waals surface area contributed by atoms with E-state index in [0.29, 0.717) is 21.6 Å². The van der Waals surface area contributed by atoms with E-state index >= 15 is 0 Å². The summed E-state index contributed by atoms with van der Waals surface area (Å²) in [6.45, 7) is 2.51. The smallest absolute Gasteiger partial charge is 0.267 e. The minimum atomic E-state index is -0.0652. The summed E-state index contributed by atoms with van der Waals surface area (Å²) in [6.07, 6.45) is 1.84. The van der Waals surface area contributed by atoms with Gasteiger partial charge in [0.15, 0.2) is 5.17 Å². The molecule has 1 heterocycles. The lowest BCUT2D eigenvalue weighted by Crippen LogP contribution is -2.28. The van der Waals surface area contributed by atoms with Crippen LogP contribution in [0.25, 0.3) is 6.08 Å². The molecule has 0 aliphatic carbocycles. The minimum absolute atomic E-state index is 0.0652. The van der Waals surface area contributed by atoms with Crippen molar-refractivity contribution in [3.05, 3.63) is 105 Å². The fourth-order valence-corrected chi connectivity index (χ4v) is 4.14. The summed E-state index contributed by atoms with van der Waals surface area (Å²) in [5.74, 6) is -0.0652. The van der Waals surface area contributed by atoms with Gasteiger partial charge < -0.3 is 0 Å². The number of aliphatic imine (C=N–C) groups is 1. The Balaban J connectivity index is 1.71. The van der Waals surface area contributed by atoms with Gasteiger partial charge in [0.05, 0.1) is 17.1 Å². The highest BCUT2D eigenvalue weighted by molar-refractivity contribution is 8.18. The molecule has 1 aliphatic rings. The Morgan fingerprint density at radius 2 is 1.66 bits per heavy atom. The third-order valence-electron chi connectivity index (χ3n) is 4.52. The van der Waals surface area contributed by atoms with Gasteiger partial charge >= 0.3 is 0 Å². The average Bonchev–Trinajstić information content (AvgIpc) is 3.01. The van der Waals surface area contributed by atoms with Gasteiger partial charge in [0.1, 0.15) is 0 Å². The molecular formula is C24H19ClN2OS. The van der Waals surface area contributed by atoms with Crippen molar-refractivity contribution in [3.8, 4) is 0 Å². The van der Waals surface area contributed by atoms with Gasteiger partial charge in [-0.15, -0.1) is 0 Å². The van der Waals surface area contributed by atoms with E-state index in [9.17, 15) is 4.79 Å². The number of hydrogen-bond donors (Lipinski definition) is 0. The molecule has 0 saturated carbocycles. The first kappa shape index (κ1) is 19.5. The van der Waals surface area contributed by atoms with Gasteiger partial charge in [-0.1, -0.05) is 77.8 Å². The van der Waals surface area contributed by atoms with E-state index in [0.717, 1.165) is 16.8 Å². The molecule has 29 heavy (non-hydrogen) atoms. The molecule has 0 bridgehead atoms. The van der Waals surface area contributed by atoms with E-state index in [1.165, 1.54) is 17.3 Å². The van der Waals surface area contributed by atoms with Crippen LogP contribution in [0.5, 0.6) is 0 Å². The second kappa shape index (κ2) is 8.68. The minimum Gasteiger partial charge on any atom is -0.282 e. The summed E-state index contributed by atoms with van der Waals surface area (Å²) in [7, 11) is 0. The molecule has 3 aromatic rings. The molecule has 1 saturated heterocycles. The van der Waals surface area contributed by atoms with E-state index in [-0.39, 0.29) is 5.91 Å². The maximum Gasteiger partial charge on any atom is 0.267 e. The van der Waals surface area contributed by atoms with Crippen molar-refractivity contribution in [2.45, 2.75) is 13.5 Å². The van der Waals surface area contributed by atoms with Crippen molar-refractivity contribution in [2.24, 2.45) is 4.99 Å². The van der Waals surface area contributed by atoms with Crippen molar-refractivity contribution in [1.29, 1.82) is 0 Å². The van der Waals surface area contributed by atoms with Crippen LogP contribution in [-0.4, -0.2) is 16.0 Å². The van der Waals surface area contributed by atoms with Gasteiger partial charge in [-0.2, -0.15) is 0 Å². The number of thioether (sulfide) groups is 1. The monoisotopic (exact) mass is 418 g/mol. The standard InChI is InChI=1S/C24H19ClN2OS/c1-17-11-13-20(14-12-17)26-24-27(16-18-7-3-2-4-8-18)23(28)22(29-24)15-19-9-5-6-10-21(19)25/h2-15H,16H2,1H3/b22-15+,26-24?. The summed E-state index contributed by atoms with van der Waals surface area (Å²) in [5, 5.41) is 1.29. The molecule has 0 aromatic heterocycles. The van der Waals surface area contributed by atoms with Crippen LogP contribution >= 0.6 is 23.4 Å². The lowest BCUT2D eigenvalue weighted by molar-refractivity contribution is -0.122. The largest absolute Gasteiger partial charge is 0.282 e. The Bertz CT molecular complexity index is 1090. The van der Waals surface area contributed by atoms with E-state index < -0.39 is 0 Å². The normalized spacial score (nSPS) is 16.8. The first-order chi connectivity index (χ1) is 14.1. The zero-order chi connectivity index (χ0) is 20.2. The Morgan fingerprint density at radius 1 is 0.966 bits per heavy atom. The number of halogens is 1. The number of nitrogens with zero attached hydrogens (tertiary/aromatic N) is 2. The zero-order valence-electron chi connectivity index (χ0n) is 15.9. The number of rotatable bonds is 4. The number of amidine groups is 1. The molecule has 0 radical (unpaired) electrons. The Morgan fingerprint density at radius 3 is 2.38 bits per heavy atom. The second-order valence-electron chi connectivity index (χ2n) is 6.74. The average molecular weight is 419 g/mol. The van der Waals surface area contributed by atoms with Crippen molar-refractivity contribution >= 4 is 46.2 Å². The molecule has 0 atom stereocenters. The number of carbonyl (C=O) groups is 1. The molecule has 1 fully saturated rings. The van der Waals surface area contributed by atoms with Crippen LogP contribution in [-0.2, 0) is 11.3 Å². The summed E-state index contributed by atoms with van der Waals surface area (Å²) in [5.41, 5.74) is 3.87. The molecule has 3 aromatic carbocycles. The summed E-state index contributed by atoms with van der Waals surface area (Å²) in [6, 6.07) is 25.4. The number of amides is 1. The maximum absolute atomic E-state index is 13.2. The molecule has 144 valence electrons. The van der Waals surface area contributed by atoms with Crippen LogP contribution in [0.3, 0.4) is 0 Å². The van der Waals surface area contributed by atoms with E-state index in [2.05, 4.69) is 0 Å². The second-order valence-corrected chi connectivity index (χ2v) is 8.16. The SMILES string of the molecule is Cc1ccc(N=C2S/C(=C/c3ccccc3Cl)C(=O)N2Cc2ccccc2)cc1. The quantitative estimate of drug-likeness (QED) is 0.456. The Labute approximate surface area is 179 Å². The highest BCUT2D eigenvalue weighted by Gasteiger charge is 2.33. The van der Waals surface area contributed by atoms with Crippen LogP contribution in [0.2, 0.25) is 5.02 Å². The maximum atomic E-state index is 13.2. The van der Waals surface area contributed by atoms with Gasteiger partial charge in [-0.05, 0) is 54.1 Å². The van der Waals surface area contributed by atoms with E-state index in [1.807, 2.05) is 91.9 Å². The van der Waals surface area contributed by atoms with E-state index in [1.54, 1.807) is 4.90 Å². The zero-order valence-corrected chi connectivity index (χ0v) is 17.5. The summed E-state index contributed by atoms with van der Waals surface area (Å²) >= 11 is 7.67. The molecule has 1 aliphatic heterocycles. The van der Waals surface area contributed by atoms with Crippen LogP contribution in [0.4, 0.5) is 5.69 Å². The fourth-order valence-electron chi connectivity index (χ4n) is 2.96.